The molecule has 0 spiro atoms. The maximum atomic E-state index is 13.7. The number of benzene rings is 1. The van der Waals surface area contributed by atoms with Crippen molar-refractivity contribution >= 4 is 17.3 Å². The molecule has 0 bridgehead atoms. The topological polar surface area (TPSA) is 42.7 Å². The lowest BCUT2D eigenvalue weighted by Gasteiger charge is -2.15. The second kappa shape index (κ2) is 5.17. The van der Waals surface area contributed by atoms with E-state index in [1.54, 1.807) is 12.1 Å². The van der Waals surface area contributed by atoms with E-state index in [1.807, 2.05) is 0 Å². The average Bonchev–Trinajstić information content (AvgIpc) is 2.84. The molecule has 2 aromatic rings. The Morgan fingerprint density at radius 3 is 3.11 bits per heavy atom. The Labute approximate surface area is 115 Å². The number of nitrogens with zero attached hydrogens (tertiary/aromatic N) is 3. The molecule has 2 heterocycles. The van der Waals surface area contributed by atoms with Crippen molar-refractivity contribution in [2.45, 2.75) is 32.4 Å². The highest BCUT2D eigenvalue weighted by atomic mass is 35.5. The van der Waals surface area contributed by atoms with Crippen molar-refractivity contribution in [1.82, 2.24) is 14.8 Å². The smallest absolute Gasteiger partial charge is 0.164 e. The third-order valence-corrected chi connectivity index (χ3v) is 3.62. The number of rotatable bonds is 3. The van der Waals surface area contributed by atoms with Crippen LogP contribution in [0.4, 0.5) is 10.1 Å². The number of aryl methyl sites for hydroxylation is 1. The molecule has 0 fully saturated rings. The molecule has 0 amide bonds. The average molecular weight is 281 g/mol. The van der Waals surface area contributed by atoms with Crippen LogP contribution in [0.5, 0.6) is 0 Å². The van der Waals surface area contributed by atoms with E-state index in [9.17, 15) is 4.39 Å². The van der Waals surface area contributed by atoms with E-state index in [2.05, 4.69) is 20.1 Å². The lowest BCUT2D eigenvalue weighted by atomic mass is 10.2. The first kappa shape index (κ1) is 12.4. The first-order chi connectivity index (χ1) is 9.25. The van der Waals surface area contributed by atoms with Crippen molar-refractivity contribution in [1.29, 1.82) is 0 Å². The van der Waals surface area contributed by atoms with Gasteiger partial charge in [0.1, 0.15) is 5.82 Å². The molecule has 6 heteroatoms. The highest BCUT2D eigenvalue weighted by Gasteiger charge is 2.15. The summed E-state index contributed by atoms with van der Waals surface area (Å²) in [5.74, 6) is 1.44. The molecule has 1 N–H and O–H groups in total. The normalized spacial score (nSPS) is 14.2. The molecule has 4 nitrogen and oxygen atoms in total. The van der Waals surface area contributed by atoms with E-state index in [4.69, 9.17) is 11.6 Å². The Bertz CT molecular complexity index is 596. The molecule has 1 aromatic carbocycles. The fourth-order valence-corrected chi connectivity index (χ4v) is 2.49. The Morgan fingerprint density at radius 1 is 1.32 bits per heavy atom. The SMILES string of the molecule is Fc1c(Cl)cccc1NCc1nnc2n1CCCC2. The van der Waals surface area contributed by atoms with Crippen LogP contribution in [0.25, 0.3) is 0 Å². The van der Waals surface area contributed by atoms with Crippen LogP contribution in [0, 0.1) is 5.82 Å². The minimum atomic E-state index is -0.428. The van der Waals surface area contributed by atoms with E-state index in [0.29, 0.717) is 12.2 Å². The molecule has 19 heavy (non-hydrogen) atoms. The molecule has 100 valence electrons. The van der Waals surface area contributed by atoms with Crippen molar-refractivity contribution in [3.8, 4) is 0 Å². The van der Waals surface area contributed by atoms with Crippen LogP contribution in [0.2, 0.25) is 5.02 Å². The first-order valence-corrected chi connectivity index (χ1v) is 6.72. The number of hydrogen-bond donors (Lipinski definition) is 1. The molecular formula is C13H14ClFN4. The predicted molar refractivity (Wildman–Crippen MR) is 71.7 cm³/mol. The molecule has 3 rings (SSSR count). The van der Waals surface area contributed by atoms with Crippen LogP contribution in [-0.4, -0.2) is 14.8 Å². The van der Waals surface area contributed by atoms with E-state index in [-0.39, 0.29) is 5.02 Å². The molecule has 0 aliphatic carbocycles. The summed E-state index contributed by atoms with van der Waals surface area (Å²) in [6.07, 6.45) is 3.27. The van der Waals surface area contributed by atoms with Crippen LogP contribution in [0.1, 0.15) is 24.5 Å². The number of halogens is 2. The van der Waals surface area contributed by atoms with Gasteiger partial charge < -0.3 is 9.88 Å². The van der Waals surface area contributed by atoms with Gasteiger partial charge in [0, 0.05) is 13.0 Å². The molecule has 1 aliphatic rings. The van der Waals surface area contributed by atoms with Crippen LogP contribution in [-0.2, 0) is 19.5 Å². The lowest BCUT2D eigenvalue weighted by molar-refractivity contribution is 0.509. The third kappa shape index (κ3) is 2.42. The summed E-state index contributed by atoms with van der Waals surface area (Å²) in [5, 5.41) is 11.5. The number of fused-ring (bicyclic) bond motifs is 1. The van der Waals surface area contributed by atoms with Crippen LogP contribution >= 0.6 is 11.6 Å². The van der Waals surface area contributed by atoms with Gasteiger partial charge >= 0.3 is 0 Å². The number of hydrogen-bond acceptors (Lipinski definition) is 3. The van der Waals surface area contributed by atoms with Gasteiger partial charge in [0.15, 0.2) is 11.6 Å². The third-order valence-electron chi connectivity index (χ3n) is 3.32. The molecule has 0 radical (unpaired) electrons. The Morgan fingerprint density at radius 2 is 2.21 bits per heavy atom. The molecule has 0 saturated carbocycles. The van der Waals surface area contributed by atoms with Crippen molar-refractivity contribution in [2.75, 3.05) is 5.32 Å². The molecule has 0 atom stereocenters. The van der Waals surface area contributed by atoms with Gasteiger partial charge in [0.25, 0.3) is 0 Å². The number of anilines is 1. The van der Waals surface area contributed by atoms with E-state index in [0.717, 1.165) is 37.5 Å². The standard InChI is InChI=1S/C13H14ClFN4/c14-9-4-3-5-10(13(9)15)16-8-12-18-17-11-6-1-2-7-19(11)12/h3-5,16H,1-2,6-8H2. The predicted octanol–water partition coefficient (Wildman–Crippen LogP) is 3.02. The summed E-state index contributed by atoms with van der Waals surface area (Å²) in [4.78, 5) is 0. The summed E-state index contributed by atoms with van der Waals surface area (Å²) in [7, 11) is 0. The van der Waals surface area contributed by atoms with Crippen LogP contribution in [0.15, 0.2) is 18.2 Å². The zero-order valence-corrected chi connectivity index (χ0v) is 11.1. The van der Waals surface area contributed by atoms with Gasteiger partial charge in [-0.3, -0.25) is 0 Å². The van der Waals surface area contributed by atoms with Crippen molar-refractivity contribution < 1.29 is 4.39 Å². The molecular weight excluding hydrogens is 267 g/mol. The molecule has 0 unspecified atom stereocenters. The van der Waals surface area contributed by atoms with Gasteiger partial charge in [-0.05, 0) is 25.0 Å². The fraction of sp³-hybridized carbons (Fsp3) is 0.385. The highest BCUT2D eigenvalue weighted by molar-refractivity contribution is 6.31. The van der Waals surface area contributed by atoms with Gasteiger partial charge in [-0.25, -0.2) is 4.39 Å². The lowest BCUT2D eigenvalue weighted by Crippen LogP contribution is -2.15. The zero-order valence-electron chi connectivity index (χ0n) is 10.4. The minimum Gasteiger partial charge on any atom is -0.375 e. The van der Waals surface area contributed by atoms with Crippen molar-refractivity contribution in [3.05, 3.63) is 40.7 Å². The Balaban J connectivity index is 1.76. The van der Waals surface area contributed by atoms with Crippen molar-refractivity contribution in [2.24, 2.45) is 0 Å². The van der Waals surface area contributed by atoms with Gasteiger partial charge in [-0.15, -0.1) is 10.2 Å². The van der Waals surface area contributed by atoms with Crippen LogP contribution < -0.4 is 5.32 Å². The minimum absolute atomic E-state index is 0.119. The summed E-state index contributed by atoms with van der Waals surface area (Å²) in [6.45, 7) is 1.39. The Kier molecular flexibility index (Phi) is 3.38. The van der Waals surface area contributed by atoms with Gasteiger partial charge in [-0.2, -0.15) is 0 Å². The summed E-state index contributed by atoms with van der Waals surface area (Å²) >= 11 is 5.74. The van der Waals surface area contributed by atoms with Gasteiger partial charge in [0.05, 0.1) is 17.3 Å². The Hall–Kier alpha value is -1.62. The first-order valence-electron chi connectivity index (χ1n) is 6.34. The molecule has 0 saturated heterocycles. The van der Waals surface area contributed by atoms with E-state index in [1.165, 1.54) is 6.07 Å². The highest BCUT2D eigenvalue weighted by Crippen LogP contribution is 2.22. The molecule has 1 aliphatic heterocycles. The van der Waals surface area contributed by atoms with E-state index >= 15 is 0 Å². The second-order valence-electron chi connectivity index (χ2n) is 4.60. The van der Waals surface area contributed by atoms with Gasteiger partial charge in [0.2, 0.25) is 0 Å². The molecule has 1 aromatic heterocycles. The largest absolute Gasteiger partial charge is 0.375 e. The zero-order chi connectivity index (χ0) is 13.2. The number of nitrogens with one attached hydrogen (secondary N) is 1. The maximum absolute atomic E-state index is 13.7. The van der Waals surface area contributed by atoms with Crippen molar-refractivity contribution in [3.63, 3.8) is 0 Å². The van der Waals surface area contributed by atoms with Crippen LogP contribution in [0.3, 0.4) is 0 Å². The maximum Gasteiger partial charge on any atom is 0.164 e. The van der Waals surface area contributed by atoms with E-state index < -0.39 is 5.82 Å². The monoisotopic (exact) mass is 280 g/mol. The summed E-state index contributed by atoms with van der Waals surface area (Å²) in [6, 6.07) is 4.91. The number of aromatic nitrogens is 3. The quantitative estimate of drug-likeness (QED) is 0.940. The van der Waals surface area contributed by atoms with Gasteiger partial charge in [-0.1, -0.05) is 17.7 Å². The second-order valence-corrected chi connectivity index (χ2v) is 5.00. The fourth-order valence-electron chi connectivity index (χ4n) is 2.31. The summed E-state index contributed by atoms with van der Waals surface area (Å²) in [5.41, 5.74) is 0.389. The summed E-state index contributed by atoms with van der Waals surface area (Å²) < 4.78 is 15.8.